The molecule has 3 rings (SSSR count). The van der Waals surface area contributed by atoms with E-state index in [0.29, 0.717) is 0 Å². The summed E-state index contributed by atoms with van der Waals surface area (Å²) in [5.41, 5.74) is 3.93. The van der Waals surface area contributed by atoms with Gasteiger partial charge in [-0.25, -0.2) is 4.98 Å². The zero-order chi connectivity index (χ0) is 17.6. The number of ether oxygens (including phenoxy) is 1. The van der Waals surface area contributed by atoms with Crippen molar-refractivity contribution in [3.8, 4) is 17.0 Å². The molecule has 0 aliphatic rings. The van der Waals surface area contributed by atoms with E-state index >= 15 is 0 Å². The maximum Gasteiger partial charge on any atom is 0.144 e. The highest BCUT2D eigenvalue weighted by Crippen LogP contribution is 2.29. The highest BCUT2D eigenvalue weighted by atomic mass is 16.5. The van der Waals surface area contributed by atoms with Gasteiger partial charge in [0.25, 0.3) is 0 Å². The van der Waals surface area contributed by atoms with E-state index in [1.54, 1.807) is 19.5 Å². The van der Waals surface area contributed by atoms with Crippen LogP contribution in [0.15, 0.2) is 60.9 Å². The molecule has 2 N–H and O–H groups in total. The number of nitrogens with zero attached hydrogens (tertiary/aromatic N) is 2. The first-order chi connectivity index (χ1) is 12.2. The van der Waals surface area contributed by atoms with Gasteiger partial charge in [-0.2, -0.15) is 0 Å². The van der Waals surface area contributed by atoms with Crippen molar-refractivity contribution in [3.05, 3.63) is 66.5 Å². The van der Waals surface area contributed by atoms with E-state index in [0.717, 1.165) is 28.5 Å². The first-order valence-corrected chi connectivity index (χ1v) is 8.21. The molecule has 0 saturated heterocycles. The Labute approximate surface area is 148 Å². The molecule has 0 aliphatic heterocycles. The average molecular weight is 334 g/mol. The Morgan fingerprint density at radius 1 is 1.00 bits per heavy atom. The SMILES string of the molecule is CNc1cc(-c2cnc(N[C@H](C)c3ccccc3)cn2)ccc1OC. The van der Waals surface area contributed by atoms with Gasteiger partial charge in [-0.15, -0.1) is 0 Å². The lowest BCUT2D eigenvalue weighted by molar-refractivity contribution is 0.416. The zero-order valence-corrected chi connectivity index (χ0v) is 14.7. The van der Waals surface area contributed by atoms with E-state index in [4.69, 9.17) is 4.74 Å². The van der Waals surface area contributed by atoms with Crippen molar-refractivity contribution >= 4 is 11.5 Å². The molecule has 0 spiro atoms. The predicted octanol–water partition coefficient (Wildman–Crippen LogP) is 4.37. The van der Waals surface area contributed by atoms with Gasteiger partial charge in [0.1, 0.15) is 11.6 Å². The molecule has 5 heteroatoms. The van der Waals surface area contributed by atoms with Crippen molar-refractivity contribution in [2.75, 3.05) is 24.8 Å². The minimum atomic E-state index is 0.165. The molecule has 3 aromatic rings. The topological polar surface area (TPSA) is 59.1 Å². The Morgan fingerprint density at radius 3 is 2.44 bits per heavy atom. The molecule has 0 saturated carbocycles. The second-order valence-corrected chi connectivity index (χ2v) is 5.73. The molecule has 0 bridgehead atoms. The van der Waals surface area contributed by atoms with Crippen LogP contribution in [0.3, 0.4) is 0 Å². The second kappa shape index (κ2) is 7.66. The van der Waals surface area contributed by atoms with E-state index in [9.17, 15) is 0 Å². The number of anilines is 2. The zero-order valence-electron chi connectivity index (χ0n) is 14.7. The smallest absolute Gasteiger partial charge is 0.144 e. The first-order valence-electron chi connectivity index (χ1n) is 8.21. The summed E-state index contributed by atoms with van der Waals surface area (Å²) in [6, 6.07) is 16.3. The van der Waals surface area contributed by atoms with Gasteiger partial charge in [-0.1, -0.05) is 30.3 Å². The van der Waals surface area contributed by atoms with Crippen molar-refractivity contribution in [1.82, 2.24) is 9.97 Å². The van der Waals surface area contributed by atoms with Gasteiger partial charge < -0.3 is 15.4 Å². The summed E-state index contributed by atoms with van der Waals surface area (Å²) in [7, 11) is 3.52. The summed E-state index contributed by atoms with van der Waals surface area (Å²) in [6.45, 7) is 2.10. The molecule has 25 heavy (non-hydrogen) atoms. The van der Waals surface area contributed by atoms with Gasteiger partial charge in [0.2, 0.25) is 0 Å². The second-order valence-electron chi connectivity index (χ2n) is 5.73. The number of nitrogens with one attached hydrogen (secondary N) is 2. The van der Waals surface area contributed by atoms with Crippen LogP contribution in [0.25, 0.3) is 11.3 Å². The molecule has 0 radical (unpaired) electrons. The van der Waals surface area contributed by atoms with Gasteiger partial charge in [0.05, 0.1) is 30.9 Å². The molecule has 0 aliphatic carbocycles. The summed E-state index contributed by atoms with van der Waals surface area (Å²) >= 11 is 0. The van der Waals surface area contributed by atoms with E-state index in [-0.39, 0.29) is 6.04 Å². The summed E-state index contributed by atoms with van der Waals surface area (Å²) in [6.07, 6.45) is 3.54. The quantitative estimate of drug-likeness (QED) is 0.701. The Morgan fingerprint density at radius 2 is 1.80 bits per heavy atom. The van der Waals surface area contributed by atoms with E-state index in [1.165, 1.54) is 5.56 Å². The first kappa shape index (κ1) is 16.8. The fourth-order valence-electron chi connectivity index (χ4n) is 2.66. The van der Waals surface area contributed by atoms with Crippen molar-refractivity contribution in [1.29, 1.82) is 0 Å². The van der Waals surface area contributed by atoms with E-state index in [2.05, 4.69) is 39.7 Å². The summed E-state index contributed by atoms with van der Waals surface area (Å²) in [5, 5.41) is 6.50. The number of benzene rings is 2. The largest absolute Gasteiger partial charge is 0.495 e. The van der Waals surface area contributed by atoms with Crippen LogP contribution in [0, 0.1) is 0 Å². The van der Waals surface area contributed by atoms with E-state index < -0.39 is 0 Å². The Hall–Kier alpha value is -3.08. The highest BCUT2D eigenvalue weighted by molar-refractivity contribution is 5.69. The van der Waals surface area contributed by atoms with Crippen LogP contribution in [-0.4, -0.2) is 24.1 Å². The van der Waals surface area contributed by atoms with Crippen molar-refractivity contribution in [2.45, 2.75) is 13.0 Å². The minimum Gasteiger partial charge on any atom is -0.495 e. The van der Waals surface area contributed by atoms with Crippen molar-refractivity contribution < 1.29 is 4.74 Å². The lowest BCUT2D eigenvalue weighted by Crippen LogP contribution is -2.08. The summed E-state index contributed by atoms with van der Waals surface area (Å²) < 4.78 is 5.32. The van der Waals surface area contributed by atoms with E-state index in [1.807, 2.05) is 43.4 Å². The number of aromatic nitrogens is 2. The molecule has 0 fully saturated rings. The minimum absolute atomic E-state index is 0.165. The normalized spacial score (nSPS) is 11.6. The fraction of sp³-hybridized carbons (Fsp3) is 0.200. The number of hydrogen-bond donors (Lipinski definition) is 2. The van der Waals surface area contributed by atoms with Crippen LogP contribution < -0.4 is 15.4 Å². The predicted molar refractivity (Wildman–Crippen MR) is 102 cm³/mol. The van der Waals surface area contributed by atoms with Crippen LogP contribution in [-0.2, 0) is 0 Å². The maximum atomic E-state index is 5.32. The summed E-state index contributed by atoms with van der Waals surface area (Å²) in [5.74, 6) is 1.55. The lowest BCUT2D eigenvalue weighted by Gasteiger charge is -2.15. The van der Waals surface area contributed by atoms with Crippen LogP contribution in [0.5, 0.6) is 5.75 Å². The van der Waals surface area contributed by atoms with Gasteiger partial charge >= 0.3 is 0 Å². The van der Waals surface area contributed by atoms with Crippen molar-refractivity contribution in [2.24, 2.45) is 0 Å². The molecule has 5 nitrogen and oxygen atoms in total. The monoisotopic (exact) mass is 334 g/mol. The third-order valence-corrected chi connectivity index (χ3v) is 4.08. The molecule has 0 unspecified atom stereocenters. The molecule has 1 heterocycles. The van der Waals surface area contributed by atoms with Gasteiger partial charge in [0.15, 0.2) is 0 Å². The molecule has 1 atom stereocenters. The molecular weight excluding hydrogens is 312 g/mol. The van der Waals surface area contributed by atoms with Crippen LogP contribution in [0.1, 0.15) is 18.5 Å². The molecule has 1 aromatic heterocycles. The third kappa shape index (κ3) is 3.88. The fourth-order valence-corrected chi connectivity index (χ4v) is 2.66. The van der Waals surface area contributed by atoms with Gasteiger partial charge in [-0.05, 0) is 30.7 Å². The summed E-state index contributed by atoms with van der Waals surface area (Å²) in [4.78, 5) is 9.03. The number of rotatable bonds is 6. The van der Waals surface area contributed by atoms with Crippen LogP contribution >= 0.6 is 0 Å². The molecule has 0 amide bonds. The number of hydrogen-bond acceptors (Lipinski definition) is 5. The third-order valence-electron chi connectivity index (χ3n) is 4.08. The maximum absolute atomic E-state index is 5.32. The Balaban J connectivity index is 1.76. The van der Waals surface area contributed by atoms with Crippen LogP contribution in [0.2, 0.25) is 0 Å². The molecule has 128 valence electrons. The Kier molecular flexibility index (Phi) is 5.14. The molecular formula is C20H22N4O. The lowest BCUT2D eigenvalue weighted by atomic mass is 10.1. The standard InChI is InChI=1S/C20H22N4O/c1-14(15-7-5-4-6-8-15)24-20-13-22-18(12-23-20)16-9-10-19(25-3)17(11-16)21-2/h4-14,21H,1-3H3,(H,23,24)/t14-/m1/s1. The Bertz CT molecular complexity index is 819. The van der Waals surface area contributed by atoms with Crippen molar-refractivity contribution in [3.63, 3.8) is 0 Å². The highest BCUT2D eigenvalue weighted by Gasteiger charge is 2.08. The van der Waals surface area contributed by atoms with Gasteiger partial charge in [0, 0.05) is 18.7 Å². The van der Waals surface area contributed by atoms with Crippen LogP contribution in [0.4, 0.5) is 11.5 Å². The average Bonchev–Trinajstić information content (AvgIpc) is 2.68. The number of methoxy groups -OCH3 is 1. The molecule has 2 aromatic carbocycles. The van der Waals surface area contributed by atoms with Gasteiger partial charge in [-0.3, -0.25) is 4.98 Å².